The van der Waals surface area contributed by atoms with E-state index < -0.39 is 0 Å². The van der Waals surface area contributed by atoms with Gasteiger partial charge in [-0.05, 0) is 38.8 Å². The van der Waals surface area contributed by atoms with Crippen LogP contribution in [0.2, 0.25) is 0 Å². The number of nitrogens with two attached hydrogens (primary N) is 1. The van der Waals surface area contributed by atoms with Crippen LogP contribution < -0.4 is 11.1 Å². The highest BCUT2D eigenvalue weighted by atomic mass is 16.1. The van der Waals surface area contributed by atoms with Gasteiger partial charge in [0, 0.05) is 25.0 Å². The third-order valence-electron chi connectivity index (χ3n) is 4.11. The molecule has 1 saturated heterocycles. The number of carbonyl (C=O) groups excluding carboxylic acids is 1. The van der Waals surface area contributed by atoms with E-state index in [1.807, 2.05) is 0 Å². The van der Waals surface area contributed by atoms with E-state index in [4.69, 9.17) is 5.73 Å². The van der Waals surface area contributed by atoms with Crippen LogP contribution in [0.4, 0.5) is 0 Å². The Balaban J connectivity index is 1.70. The number of amides is 1. The molecule has 98 valence electrons. The smallest absolute Gasteiger partial charge is 0.223 e. The van der Waals surface area contributed by atoms with E-state index in [2.05, 4.69) is 10.2 Å². The van der Waals surface area contributed by atoms with Crippen molar-refractivity contribution in [1.82, 2.24) is 10.2 Å². The summed E-state index contributed by atoms with van der Waals surface area (Å²) in [6.45, 7) is 3.75. The van der Waals surface area contributed by atoms with Gasteiger partial charge in [-0.3, -0.25) is 4.79 Å². The van der Waals surface area contributed by atoms with Gasteiger partial charge in [0.25, 0.3) is 0 Å². The minimum Gasteiger partial charge on any atom is -0.353 e. The average molecular weight is 239 g/mol. The Hall–Kier alpha value is -0.610. The summed E-state index contributed by atoms with van der Waals surface area (Å²) in [5.41, 5.74) is 5.54. The first-order chi connectivity index (χ1) is 8.29. The van der Waals surface area contributed by atoms with Crippen LogP contribution in [0.15, 0.2) is 0 Å². The Kier molecular flexibility index (Phi) is 4.80. The van der Waals surface area contributed by atoms with Gasteiger partial charge < -0.3 is 16.0 Å². The first kappa shape index (κ1) is 12.8. The van der Waals surface area contributed by atoms with E-state index in [9.17, 15) is 4.79 Å². The maximum Gasteiger partial charge on any atom is 0.223 e. The van der Waals surface area contributed by atoms with E-state index in [-0.39, 0.29) is 5.92 Å². The Morgan fingerprint density at radius 3 is 2.41 bits per heavy atom. The fourth-order valence-corrected chi connectivity index (χ4v) is 2.99. The molecule has 1 saturated carbocycles. The molecular formula is C13H25N3O. The van der Waals surface area contributed by atoms with Gasteiger partial charge in [0.05, 0.1) is 0 Å². The van der Waals surface area contributed by atoms with E-state index in [0.717, 1.165) is 39.0 Å². The van der Waals surface area contributed by atoms with E-state index in [1.165, 1.54) is 25.7 Å². The molecule has 1 heterocycles. The number of nitrogens with one attached hydrogen (secondary N) is 1. The fourth-order valence-electron chi connectivity index (χ4n) is 2.99. The van der Waals surface area contributed by atoms with Gasteiger partial charge in [0.15, 0.2) is 0 Å². The number of piperidine rings is 1. The van der Waals surface area contributed by atoms with Crippen LogP contribution in [-0.2, 0) is 4.79 Å². The Morgan fingerprint density at radius 1 is 1.18 bits per heavy atom. The highest BCUT2D eigenvalue weighted by Crippen LogP contribution is 2.21. The average Bonchev–Trinajstić information content (AvgIpc) is 2.83. The standard InChI is InChI=1S/C13H25N3O/c14-7-10-16-8-5-11(6-9-16)13(17)15-12-3-1-2-4-12/h11-12H,1-10,14H2,(H,15,17). The minimum atomic E-state index is 0.240. The van der Waals surface area contributed by atoms with Crippen molar-refractivity contribution in [2.75, 3.05) is 26.2 Å². The van der Waals surface area contributed by atoms with Crippen molar-refractivity contribution in [2.45, 2.75) is 44.6 Å². The van der Waals surface area contributed by atoms with Crippen LogP contribution in [0.25, 0.3) is 0 Å². The third-order valence-corrected chi connectivity index (χ3v) is 4.11. The summed E-state index contributed by atoms with van der Waals surface area (Å²) < 4.78 is 0. The molecule has 4 heteroatoms. The zero-order chi connectivity index (χ0) is 12.1. The number of carbonyl (C=O) groups is 1. The van der Waals surface area contributed by atoms with Crippen LogP contribution in [0.5, 0.6) is 0 Å². The highest BCUT2D eigenvalue weighted by molar-refractivity contribution is 5.79. The molecule has 0 bridgehead atoms. The second kappa shape index (κ2) is 6.36. The molecule has 17 heavy (non-hydrogen) atoms. The molecule has 0 aromatic heterocycles. The molecule has 2 rings (SSSR count). The molecule has 2 fully saturated rings. The normalized spacial score (nSPS) is 24.1. The summed E-state index contributed by atoms with van der Waals surface area (Å²) in [4.78, 5) is 14.4. The zero-order valence-corrected chi connectivity index (χ0v) is 10.7. The Bertz CT molecular complexity index is 243. The topological polar surface area (TPSA) is 58.4 Å². The number of nitrogens with zero attached hydrogens (tertiary/aromatic N) is 1. The number of hydrogen-bond donors (Lipinski definition) is 2. The summed E-state index contributed by atoms with van der Waals surface area (Å²) in [7, 11) is 0. The third kappa shape index (κ3) is 3.68. The zero-order valence-electron chi connectivity index (χ0n) is 10.7. The van der Waals surface area contributed by atoms with Crippen LogP contribution in [-0.4, -0.2) is 43.0 Å². The predicted molar refractivity (Wildman–Crippen MR) is 68.6 cm³/mol. The lowest BCUT2D eigenvalue weighted by Gasteiger charge is -2.31. The lowest BCUT2D eigenvalue weighted by atomic mass is 9.95. The van der Waals surface area contributed by atoms with E-state index >= 15 is 0 Å². The summed E-state index contributed by atoms with van der Waals surface area (Å²) in [6, 6.07) is 0.463. The monoisotopic (exact) mass is 239 g/mol. The first-order valence-corrected chi connectivity index (χ1v) is 7.02. The summed E-state index contributed by atoms with van der Waals surface area (Å²) >= 11 is 0. The molecule has 1 aliphatic heterocycles. The second-order valence-corrected chi connectivity index (χ2v) is 5.39. The maximum atomic E-state index is 12.1. The summed E-state index contributed by atoms with van der Waals surface area (Å²) in [6.07, 6.45) is 6.91. The van der Waals surface area contributed by atoms with Crippen molar-refractivity contribution in [3.63, 3.8) is 0 Å². The van der Waals surface area contributed by atoms with Gasteiger partial charge in [-0.15, -0.1) is 0 Å². The molecule has 2 aliphatic rings. The second-order valence-electron chi connectivity index (χ2n) is 5.39. The van der Waals surface area contributed by atoms with Gasteiger partial charge in [0.1, 0.15) is 0 Å². The van der Waals surface area contributed by atoms with Crippen molar-refractivity contribution < 1.29 is 4.79 Å². The van der Waals surface area contributed by atoms with Gasteiger partial charge in [0.2, 0.25) is 5.91 Å². The largest absolute Gasteiger partial charge is 0.353 e. The minimum absolute atomic E-state index is 0.240. The molecule has 0 unspecified atom stereocenters. The molecule has 1 aliphatic carbocycles. The van der Waals surface area contributed by atoms with Crippen molar-refractivity contribution in [1.29, 1.82) is 0 Å². The number of likely N-dealkylation sites (tertiary alicyclic amines) is 1. The number of rotatable bonds is 4. The fraction of sp³-hybridized carbons (Fsp3) is 0.923. The van der Waals surface area contributed by atoms with Crippen molar-refractivity contribution in [2.24, 2.45) is 11.7 Å². The summed E-state index contributed by atoms with van der Waals surface area (Å²) in [5.74, 6) is 0.536. The van der Waals surface area contributed by atoms with Gasteiger partial charge in [-0.25, -0.2) is 0 Å². The SMILES string of the molecule is NCCN1CCC(C(=O)NC2CCCC2)CC1. The van der Waals surface area contributed by atoms with Crippen LogP contribution >= 0.6 is 0 Å². The Labute approximate surface area is 104 Å². The molecule has 4 nitrogen and oxygen atoms in total. The summed E-state index contributed by atoms with van der Waals surface area (Å²) in [5, 5.41) is 3.21. The molecule has 0 aromatic rings. The van der Waals surface area contributed by atoms with Crippen LogP contribution in [0.1, 0.15) is 38.5 Å². The van der Waals surface area contributed by atoms with Crippen molar-refractivity contribution in [3.8, 4) is 0 Å². The number of hydrogen-bond acceptors (Lipinski definition) is 3. The van der Waals surface area contributed by atoms with Crippen LogP contribution in [0, 0.1) is 5.92 Å². The lowest BCUT2D eigenvalue weighted by Crippen LogP contribution is -2.44. The van der Waals surface area contributed by atoms with Gasteiger partial charge in [-0.1, -0.05) is 12.8 Å². The van der Waals surface area contributed by atoms with Crippen molar-refractivity contribution in [3.05, 3.63) is 0 Å². The quantitative estimate of drug-likeness (QED) is 0.760. The highest BCUT2D eigenvalue weighted by Gasteiger charge is 2.26. The molecule has 3 N–H and O–H groups in total. The van der Waals surface area contributed by atoms with Gasteiger partial charge >= 0.3 is 0 Å². The van der Waals surface area contributed by atoms with Gasteiger partial charge in [-0.2, -0.15) is 0 Å². The molecule has 1 amide bonds. The van der Waals surface area contributed by atoms with Crippen molar-refractivity contribution >= 4 is 5.91 Å². The maximum absolute atomic E-state index is 12.1. The van der Waals surface area contributed by atoms with Crippen LogP contribution in [0.3, 0.4) is 0 Å². The molecule has 0 radical (unpaired) electrons. The first-order valence-electron chi connectivity index (χ1n) is 7.02. The predicted octanol–water partition coefficient (Wildman–Crippen LogP) is 0.716. The molecule has 0 aromatic carbocycles. The van der Waals surface area contributed by atoms with E-state index in [0.29, 0.717) is 11.9 Å². The van der Waals surface area contributed by atoms with E-state index in [1.54, 1.807) is 0 Å². The molecular weight excluding hydrogens is 214 g/mol. The molecule has 0 atom stereocenters. The molecule has 0 spiro atoms. The Morgan fingerprint density at radius 2 is 1.82 bits per heavy atom. The lowest BCUT2D eigenvalue weighted by molar-refractivity contribution is -0.127.